The van der Waals surface area contributed by atoms with E-state index in [4.69, 9.17) is 4.42 Å². The van der Waals surface area contributed by atoms with Crippen LogP contribution in [-0.2, 0) is 4.79 Å². The Hall–Kier alpha value is -2.87. The highest BCUT2D eigenvalue weighted by atomic mass is 32.2. The van der Waals surface area contributed by atoms with Crippen molar-refractivity contribution in [3.63, 3.8) is 0 Å². The lowest BCUT2D eigenvalue weighted by Crippen LogP contribution is -2.45. The van der Waals surface area contributed by atoms with Gasteiger partial charge >= 0.3 is 6.03 Å². The molecule has 3 amide bonds. The third kappa shape index (κ3) is 4.65. The zero-order chi connectivity index (χ0) is 19.4. The molecule has 0 saturated heterocycles. The van der Waals surface area contributed by atoms with Crippen LogP contribution >= 0.6 is 11.8 Å². The normalized spacial score (nSPS) is 12.1. The largest absolute Gasteiger partial charge is 0.461 e. The zero-order valence-electron chi connectivity index (χ0n) is 15.2. The van der Waals surface area contributed by atoms with Crippen LogP contribution < -0.4 is 10.6 Å². The van der Waals surface area contributed by atoms with E-state index in [0.29, 0.717) is 16.6 Å². The molecule has 2 heterocycles. The zero-order valence-corrected chi connectivity index (χ0v) is 16.0. The van der Waals surface area contributed by atoms with E-state index >= 15 is 0 Å². The van der Waals surface area contributed by atoms with Crippen LogP contribution in [0.3, 0.4) is 0 Å². The Labute approximate surface area is 161 Å². The van der Waals surface area contributed by atoms with Crippen molar-refractivity contribution in [3.8, 4) is 11.6 Å². The van der Waals surface area contributed by atoms with Gasteiger partial charge in [0.1, 0.15) is 5.03 Å². The summed E-state index contributed by atoms with van der Waals surface area (Å²) in [5.41, 5.74) is 0.756. The fourth-order valence-electron chi connectivity index (χ4n) is 2.39. The SMILES string of the molecule is CC(C)NC(=O)NC(=O)C(C)Sc1nc(-c2ccco2)nc2ccccc12. The van der Waals surface area contributed by atoms with Gasteiger partial charge in [-0.25, -0.2) is 14.8 Å². The van der Waals surface area contributed by atoms with E-state index in [1.54, 1.807) is 25.3 Å². The number of imide groups is 1. The number of aromatic nitrogens is 2. The molecule has 140 valence electrons. The maximum Gasteiger partial charge on any atom is 0.321 e. The Morgan fingerprint density at radius 3 is 2.56 bits per heavy atom. The fourth-order valence-corrected chi connectivity index (χ4v) is 3.33. The molecule has 2 N–H and O–H groups in total. The topological polar surface area (TPSA) is 97.1 Å². The van der Waals surface area contributed by atoms with Crippen LogP contribution in [0.2, 0.25) is 0 Å². The minimum absolute atomic E-state index is 0.0533. The maximum atomic E-state index is 12.3. The molecule has 0 fully saturated rings. The van der Waals surface area contributed by atoms with Gasteiger partial charge in [-0.15, -0.1) is 0 Å². The molecule has 3 aromatic rings. The average molecular weight is 384 g/mol. The minimum Gasteiger partial charge on any atom is -0.461 e. The molecule has 2 aromatic heterocycles. The molecule has 8 heteroatoms. The predicted molar refractivity (Wildman–Crippen MR) is 104 cm³/mol. The van der Waals surface area contributed by atoms with Crippen molar-refractivity contribution in [1.29, 1.82) is 0 Å². The summed E-state index contributed by atoms with van der Waals surface area (Å²) in [6.45, 7) is 5.38. The highest BCUT2D eigenvalue weighted by Gasteiger charge is 2.20. The first-order valence-electron chi connectivity index (χ1n) is 8.52. The van der Waals surface area contributed by atoms with Crippen molar-refractivity contribution in [2.45, 2.75) is 37.1 Å². The van der Waals surface area contributed by atoms with Gasteiger partial charge in [-0.05, 0) is 39.0 Å². The van der Waals surface area contributed by atoms with E-state index in [1.165, 1.54) is 11.8 Å². The second-order valence-electron chi connectivity index (χ2n) is 6.22. The molecule has 1 atom stereocenters. The molecule has 1 aromatic carbocycles. The number of amides is 3. The van der Waals surface area contributed by atoms with E-state index in [-0.39, 0.29) is 11.9 Å². The van der Waals surface area contributed by atoms with Gasteiger partial charge in [-0.2, -0.15) is 0 Å². The molecule has 27 heavy (non-hydrogen) atoms. The Balaban J connectivity index is 1.85. The lowest BCUT2D eigenvalue weighted by molar-refractivity contribution is -0.119. The third-order valence-electron chi connectivity index (χ3n) is 3.62. The Morgan fingerprint density at radius 2 is 1.85 bits per heavy atom. The summed E-state index contributed by atoms with van der Waals surface area (Å²) in [6.07, 6.45) is 1.56. The van der Waals surface area contributed by atoms with Crippen molar-refractivity contribution >= 4 is 34.6 Å². The molecule has 0 saturated carbocycles. The van der Waals surface area contributed by atoms with Gasteiger partial charge in [0.15, 0.2) is 11.6 Å². The van der Waals surface area contributed by atoms with Crippen molar-refractivity contribution in [2.75, 3.05) is 0 Å². The second-order valence-corrected chi connectivity index (χ2v) is 7.55. The molecule has 0 aliphatic rings. The number of nitrogens with zero attached hydrogens (tertiary/aromatic N) is 2. The quantitative estimate of drug-likeness (QED) is 0.515. The van der Waals surface area contributed by atoms with E-state index in [9.17, 15) is 9.59 Å². The number of furan rings is 1. The highest BCUT2D eigenvalue weighted by molar-refractivity contribution is 8.00. The monoisotopic (exact) mass is 384 g/mol. The molecule has 1 unspecified atom stereocenters. The molecular formula is C19H20N4O3S. The molecule has 0 aliphatic carbocycles. The number of para-hydroxylation sites is 1. The number of thioether (sulfide) groups is 1. The van der Waals surface area contributed by atoms with Crippen LogP contribution in [0.4, 0.5) is 4.79 Å². The first-order chi connectivity index (χ1) is 12.9. The van der Waals surface area contributed by atoms with Crippen molar-refractivity contribution in [2.24, 2.45) is 0 Å². The summed E-state index contributed by atoms with van der Waals surface area (Å²) >= 11 is 1.27. The number of carbonyl (C=O) groups excluding carboxylic acids is 2. The molecule has 0 aliphatic heterocycles. The molecule has 0 bridgehead atoms. The second kappa shape index (κ2) is 8.22. The Morgan fingerprint density at radius 1 is 1.07 bits per heavy atom. The highest BCUT2D eigenvalue weighted by Crippen LogP contribution is 2.31. The van der Waals surface area contributed by atoms with Crippen LogP contribution in [-0.4, -0.2) is 33.2 Å². The fraction of sp³-hybridized carbons (Fsp3) is 0.263. The predicted octanol–water partition coefficient (Wildman–Crippen LogP) is 3.60. The number of hydrogen-bond acceptors (Lipinski definition) is 6. The first-order valence-corrected chi connectivity index (χ1v) is 9.40. The van der Waals surface area contributed by atoms with Gasteiger partial charge in [0.2, 0.25) is 5.91 Å². The Bertz CT molecular complexity index is 957. The molecule has 3 rings (SSSR count). The summed E-state index contributed by atoms with van der Waals surface area (Å²) in [6, 6.07) is 10.6. The van der Waals surface area contributed by atoms with Gasteiger partial charge < -0.3 is 9.73 Å². The van der Waals surface area contributed by atoms with E-state index in [2.05, 4.69) is 20.6 Å². The molecule has 0 radical (unpaired) electrons. The van der Waals surface area contributed by atoms with Gasteiger partial charge in [0, 0.05) is 11.4 Å². The van der Waals surface area contributed by atoms with Crippen molar-refractivity contribution < 1.29 is 14.0 Å². The van der Waals surface area contributed by atoms with Crippen LogP contribution in [0, 0.1) is 0 Å². The summed E-state index contributed by atoms with van der Waals surface area (Å²) in [5, 5.41) is 5.95. The first kappa shape index (κ1) is 18.9. The number of fused-ring (bicyclic) bond motifs is 1. The van der Waals surface area contributed by atoms with Crippen LogP contribution in [0.5, 0.6) is 0 Å². The standard InChI is InChI=1S/C19H20N4O3S/c1-11(2)20-19(25)23-17(24)12(3)27-18-13-7-4-5-8-14(13)21-16(22-18)15-9-6-10-26-15/h4-12H,1-3H3,(H2,20,23,24,25). The summed E-state index contributed by atoms with van der Waals surface area (Å²) < 4.78 is 5.40. The molecule has 7 nitrogen and oxygen atoms in total. The van der Waals surface area contributed by atoms with Crippen LogP contribution in [0.25, 0.3) is 22.5 Å². The molecule has 0 spiro atoms. The summed E-state index contributed by atoms with van der Waals surface area (Å²) in [5.74, 6) is 0.614. The number of carbonyl (C=O) groups is 2. The van der Waals surface area contributed by atoms with E-state index in [1.807, 2.05) is 38.1 Å². The van der Waals surface area contributed by atoms with Crippen molar-refractivity contribution in [1.82, 2.24) is 20.6 Å². The van der Waals surface area contributed by atoms with Gasteiger partial charge in [0.25, 0.3) is 0 Å². The Kier molecular flexibility index (Phi) is 5.75. The van der Waals surface area contributed by atoms with Crippen LogP contribution in [0.15, 0.2) is 52.1 Å². The summed E-state index contributed by atoms with van der Waals surface area (Å²) in [4.78, 5) is 33.2. The lowest BCUT2D eigenvalue weighted by Gasteiger charge is -2.14. The number of urea groups is 1. The number of rotatable bonds is 5. The van der Waals surface area contributed by atoms with Crippen molar-refractivity contribution in [3.05, 3.63) is 42.7 Å². The lowest BCUT2D eigenvalue weighted by atomic mass is 10.2. The average Bonchev–Trinajstić information content (AvgIpc) is 3.15. The smallest absolute Gasteiger partial charge is 0.321 e. The number of nitrogens with one attached hydrogen (secondary N) is 2. The van der Waals surface area contributed by atoms with E-state index in [0.717, 1.165) is 10.9 Å². The molecular weight excluding hydrogens is 364 g/mol. The van der Waals surface area contributed by atoms with E-state index < -0.39 is 11.3 Å². The number of hydrogen-bond donors (Lipinski definition) is 2. The minimum atomic E-state index is -0.523. The number of benzene rings is 1. The van der Waals surface area contributed by atoms with Crippen LogP contribution in [0.1, 0.15) is 20.8 Å². The van der Waals surface area contributed by atoms with Gasteiger partial charge in [-0.1, -0.05) is 30.0 Å². The third-order valence-corrected chi connectivity index (χ3v) is 4.73. The van der Waals surface area contributed by atoms with Gasteiger partial charge in [-0.3, -0.25) is 10.1 Å². The summed E-state index contributed by atoms with van der Waals surface area (Å²) in [7, 11) is 0. The van der Waals surface area contributed by atoms with Gasteiger partial charge in [0.05, 0.1) is 17.0 Å². The maximum absolute atomic E-state index is 12.3.